The second-order valence-corrected chi connectivity index (χ2v) is 4.69. The van der Waals surface area contributed by atoms with Gasteiger partial charge in [0, 0.05) is 12.4 Å². The molecule has 0 radical (unpaired) electrons. The van der Waals surface area contributed by atoms with Crippen LogP contribution >= 0.6 is 0 Å². The van der Waals surface area contributed by atoms with Crippen LogP contribution in [0, 0.1) is 0 Å². The summed E-state index contributed by atoms with van der Waals surface area (Å²) in [5, 5.41) is 0. The maximum Gasteiger partial charge on any atom is 0.193 e. The molecule has 0 aliphatic heterocycles. The molecule has 1 saturated carbocycles. The van der Waals surface area contributed by atoms with Crippen molar-refractivity contribution in [1.82, 2.24) is 9.97 Å². The summed E-state index contributed by atoms with van der Waals surface area (Å²) in [5.41, 5.74) is 0.991. The standard InChI is InChI=1S/C15H14N2O/c18-14(12-6-1-3-10-16-12)15(8-5-9-15)13-7-2-4-11-17-13/h1-4,6-7,10-11H,5,8-9H2. The van der Waals surface area contributed by atoms with E-state index in [4.69, 9.17) is 0 Å². The molecule has 2 aromatic heterocycles. The third-order valence-electron chi connectivity index (χ3n) is 3.69. The molecule has 1 aliphatic carbocycles. The highest BCUT2D eigenvalue weighted by Crippen LogP contribution is 2.44. The fraction of sp³-hybridized carbons (Fsp3) is 0.267. The normalized spacial score (nSPS) is 16.9. The lowest BCUT2D eigenvalue weighted by Gasteiger charge is -2.39. The molecular formula is C15H14N2O. The smallest absolute Gasteiger partial charge is 0.193 e. The molecule has 3 nitrogen and oxygen atoms in total. The summed E-state index contributed by atoms with van der Waals surface area (Å²) < 4.78 is 0. The van der Waals surface area contributed by atoms with Gasteiger partial charge in [0.25, 0.3) is 0 Å². The largest absolute Gasteiger partial charge is 0.291 e. The van der Waals surface area contributed by atoms with Gasteiger partial charge in [0.05, 0.1) is 11.1 Å². The van der Waals surface area contributed by atoms with E-state index in [9.17, 15) is 4.79 Å². The summed E-state index contributed by atoms with van der Waals surface area (Å²) in [7, 11) is 0. The van der Waals surface area contributed by atoms with Crippen LogP contribution in [0.15, 0.2) is 48.8 Å². The lowest BCUT2D eigenvalue weighted by molar-refractivity contribution is 0.0777. The lowest BCUT2D eigenvalue weighted by atomic mass is 9.63. The molecule has 2 heterocycles. The van der Waals surface area contributed by atoms with Crippen LogP contribution in [-0.2, 0) is 5.41 Å². The Kier molecular flexibility index (Phi) is 2.67. The number of pyridine rings is 2. The Morgan fingerprint density at radius 1 is 1.00 bits per heavy atom. The van der Waals surface area contributed by atoms with Crippen molar-refractivity contribution in [3.8, 4) is 0 Å². The van der Waals surface area contributed by atoms with Crippen molar-refractivity contribution in [3.05, 3.63) is 60.2 Å². The summed E-state index contributed by atoms with van der Waals surface area (Å²) in [6, 6.07) is 11.2. The van der Waals surface area contributed by atoms with Crippen LogP contribution in [0.25, 0.3) is 0 Å². The first-order valence-electron chi connectivity index (χ1n) is 6.20. The molecule has 1 aliphatic rings. The second kappa shape index (κ2) is 4.33. The minimum Gasteiger partial charge on any atom is -0.291 e. The quantitative estimate of drug-likeness (QED) is 0.772. The van der Waals surface area contributed by atoms with E-state index >= 15 is 0 Å². The Balaban J connectivity index is 2.01. The van der Waals surface area contributed by atoms with E-state index in [1.807, 2.05) is 30.3 Å². The number of Topliss-reactive ketones (excluding diaryl/α,β-unsaturated/α-hetero) is 1. The predicted molar refractivity (Wildman–Crippen MR) is 68.3 cm³/mol. The molecule has 3 heteroatoms. The van der Waals surface area contributed by atoms with Gasteiger partial charge in [-0.15, -0.1) is 0 Å². The fourth-order valence-corrected chi connectivity index (χ4v) is 2.52. The van der Waals surface area contributed by atoms with E-state index in [0.717, 1.165) is 25.0 Å². The minimum absolute atomic E-state index is 0.105. The predicted octanol–water partition coefficient (Wildman–Crippen LogP) is 2.78. The van der Waals surface area contributed by atoms with Crippen LogP contribution in [0.2, 0.25) is 0 Å². The average Bonchev–Trinajstić information content (AvgIpc) is 2.40. The molecule has 0 spiro atoms. The van der Waals surface area contributed by atoms with Crippen LogP contribution in [0.4, 0.5) is 0 Å². The molecule has 0 amide bonds. The molecular weight excluding hydrogens is 224 g/mol. The molecule has 0 atom stereocenters. The van der Waals surface area contributed by atoms with Gasteiger partial charge in [-0.05, 0) is 37.1 Å². The lowest BCUT2D eigenvalue weighted by Crippen LogP contribution is -2.43. The number of carbonyl (C=O) groups is 1. The number of ketones is 1. The SMILES string of the molecule is O=C(c1ccccn1)C1(c2ccccn2)CCC1. The highest BCUT2D eigenvalue weighted by Gasteiger charge is 2.47. The summed E-state index contributed by atoms with van der Waals surface area (Å²) >= 11 is 0. The molecule has 0 aromatic carbocycles. The Bertz CT molecular complexity index is 547. The zero-order valence-corrected chi connectivity index (χ0v) is 10.0. The Morgan fingerprint density at radius 2 is 1.72 bits per heavy atom. The van der Waals surface area contributed by atoms with Gasteiger partial charge in [0.2, 0.25) is 0 Å². The highest BCUT2D eigenvalue weighted by atomic mass is 16.1. The van der Waals surface area contributed by atoms with E-state index in [0.29, 0.717) is 5.69 Å². The van der Waals surface area contributed by atoms with Gasteiger partial charge in [-0.1, -0.05) is 18.6 Å². The van der Waals surface area contributed by atoms with Gasteiger partial charge in [-0.25, -0.2) is 0 Å². The number of hydrogen-bond acceptors (Lipinski definition) is 3. The van der Waals surface area contributed by atoms with Gasteiger partial charge < -0.3 is 0 Å². The fourth-order valence-electron chi connectivity index (χ4n) is 2.52. The van der Waals surface area contributed by atoms with Gasteiger partial charge in [0.15, 0.2) is 5.78 Å². The van der Waals surface area contributed by atoms with E-state index in [1.165, 1.54) is 0 Å². The van der Waals surface area contributed by atoms with Crippen molar-refractivity contribution in [3.63, 3.8) is 0 Å². The number of rotatable bonds is 3. The summed E-state index contributed by atoms with van der Waals surface area (Å²) in [6.07, 6.45) is 6.24. The maximum atomic E-state index is 12.6. The zero-order valence-electron chi connectivity index (χ0n) is 10.0. The van der Waals surface area contributed by atoms with E-state index in [2.05, 4.69) is 9.97 Å². The first-order valence-corrected chi connectivity index (χ1v) is 6.20. The summed E-state index contributed by atoms with van der Waals surface area (Å²) in [5.74, 6) is 0.105. The average molecular weight is 238 g/mol. The molecule has 3 rings (SSSR count). The molecule has 0 bridgehead atoms. The summed E-state index contributed by atoms with van der Waals surface area (Å²) in [6.45, 7) is 0. The van der Waals surface area contributed by atoms with Crippen molar-refractivity contribution in [2.45, 2.75) is 24.7 Å². The van der Waals surface area contributed by atoms with Crippen molar-refractivity contribution >= 4 is 5.78 Å². The first-order chi connectivity index (χ1) is 8.83. The van der Waals surface area contributed by atoms with Crippen LogP contribution in [0.3, 0.4) is 0 Å². The van der Waals surface area contributed by atoms with Crippen LogP contribution in [-0.4, -0.2) is 15.8 Å². The highest BCUT2D eigenvalue weighted by molar-refractivity contribution is 6.03. The van der Waals surface area contributed by atoms with Crippen molar-refractivity contribution in [2.75, 3.05) is 0 Å². The van der Waals surface area contributed by atoms with E-state index in [1.54, 1.807) is 18.5 Å². The van der Waals surface area contributed by atoms with Crippen LogP contribution in [0.1, 0.15) is 35.4 Å². The molecule has 0 saturated heterocycles. The number of aromatic nitrogens is 2. The van der Waals surface area contributed by atoms with Crippen molar-refractivity contribution < 1.29 is 4.79 Å². The third kappa shape index (κ3) is 1.63. The molecule has 2 aromatic rings. The van der Waals surface area contributed by atoms with E-state index < -0.39 is 5.41 Å². The van der Waals surface area contributed by atoms with Crippen molar-refractivity contribution in [2.24, 2.45) is 0 Å². The topological polar surface area (TPSA) is 42.9 Å². The molecule has 0 N–H and O–H groups in total. The Morgan fingerprint density at radius 3 is 2.22 bits per heavy atom. The monoisotopic (exact) mass is 238 g/mol. The Hall–Kier alpha value is -2.03. The molecule has 90 valence electrons. The number of nitrogens with zero attached hydrogens (tertiary/aromatic N) is 2. The number of carbonyl (C=O) groups excluding carboxylic acids is 1. The molecule has 1 fully saturated rings. The van der Waals surface area contributed by atoms with Gasteiger partial charge >= 0.3 is 0 Å². The maximum absolute atomic E-state index is 12.6. The van der Waals surface area contributed by atoms with Crippen LogP contribution < -0.4 is 0 Å². The van der Waals surface area contributed by atoms with Gasteiger partial charge in [0.1, 0.15) is 5.69 Å². The van der Waals surface area contributed by atoms with Crippen LogP contribution in [0.5, 0.6) is 0 Å². The third-order valence-corrected chi connectivity index (χ3v) is 3.69. The summed E-state index contributed by atoms with van der Waals surface area (Å²) in [4.78, 5) is 21.2. The second-order valence-electron chi connectivity index (χ2n) is 4.69. The van der Waals surface area contributed by atoms with E-state index in [-0.39, 0.29) is 5.78 Å². The van der Waals surface area contributed by atoms with Gasteiger partial charge in [-0.2, -0.15) is 0 Å². The molecule has 0 unspecified atom stereocenters. The number of hydrogen-bond donors (Lipinski definition) is 0. The van der Waals surface area contributed by atoms with Crippen molar-refractivity contribution in [1.29, 1.82) is 0 Å². The minimum atomic E-state index is -0.435. The first kappa shape index (κ1) is 11.1. The van der Waals surface area contributed by atoms with Gasteiger partial charge in [-0.3, -0.25) is 14.8 Å². The molecule has 18 heavy (non-hydrogen) atoms. The zero-order chi connectivity index (χ0) is 12.4. The Labute approximate surface area is 106 Å².